The molecule has 130 valence electrons. The molecule has 3 aromatic rings. The molecule has 2 aromatic carbocycles. The minimum absolute atomic E-state index is 0.171. The third-order valence-corrected chi connectivity index (χ3v) is 4.31. The fourth-order valence-corrected chi connectivity index (χ4v) is 2.74. The largest absolute Gasteiger partial charge is 0.497 e. The number of hydrogen-bond acceptors (Lipinski definition) is 6. The summed E-state index contributed by atoms with van der Waals surface area (Å²) in [5.41, 5.74) is 2.07. The lowest BCUT2D eigenvalue weighted by Gasteiger charge is -2.03. The van der Waals surface area contributed by atoms with Crippen LogP contribution in [0, 0.1) is 11.3 Å². The van der Waals surface area contributed by atoms with Crippen molar-refractivity contribution in [3.8, 4) is 23.2 Å². The lowest BCUT2D eigenvalue weighted by atomic mass is 10.2. The molecule has 8 heteroatoms. The second kappa shape index (κ2) is 8.18. The molecule has 26 heavy (non-hydrogen) atoms. The van der Waals surface area contributed by atoms with Crippen molar-refractivity contribution in [3.63, 3.8) is 0 Å². The highest BCUT2D eigenvalue weighted by molar-refractivity contribution is 7.99. The lowest BCUT2D eigenvalue weighted by Crippen LogP contribution is -2.14. The maximum atomic E-state index is 12.0. The molecular formula is C18H15N5O2S. The third-order valence-electron chi connectivity index (χ3n) is 3.46. The molecule has 1 heterocycles. The number of ether oxygens (including phenoxy) is 1. The highest BCUT2D eigenvalue weighted by Crippen LogP contribution is 2.21. The second-order valence-electron chi connectivity index (χ2n) is 5.22. The van der Waals surface area contributed by atoms with Gasteiger partial charge in [0.25, 0.3) is 0 Å². The number of rotatable bonds is 6. The Kier molecular flexibility index (Phi) is 5.51. The summed E-state index contributed by atoms with van der Waals surface area (Å²) in [7, 11) is 1.61. The Hall–Kier alpha value is -3.31. The molecule has 0 unspecified atom stereocenters. The first-order valence-electron chi connectivity index (χ1n) is 7.67. The van der Waals surface area contributed by atoms with E-state index in [-0.39, 0.29) is 11.7 Å². The fraction of sp³-hybridized carbons (Fsp3) is 0.111. The van der Waals surface area contributed by atoms with Gasteiger partial charge in [-0.15, -0.1) is 5.10 Å². The van der Waals surface area contributed by atoms with E-state index in [4.69, 9.17) is 10.00 Å². The Balaban J connectivity index is 1.55. The maximum absolute atomic E-state index is 12.0. The topological polar surface area (TPSA) is 104 Å². The van der Waals surface area contributed by atoms with E-state index in [2.05, 4.69) is 20.5 Å². The average Bonchev–Trinajstić information content (AvgIpc) is 3.16. The summed E-state index contributed by atoms with van der Waals surface area (Å²) in [6.07, 6.45) is 0. The van der Waals surface area contributed by atoms with Crippen molar-refractivity contribution in [1.82, 2.24) is 15.2 Å². The van der Waals surface area contributed by atoms with E-state index in [1.807, 2.05) is 30.3 Å². The minimum Gasteiger partial charge on any atom is -0.497 e. The molecular weight excluding hydrogens is 350 g/mol. The number of H-pyrrole nitrogens is 1. The second-order valence-corrected chi connectivity index (χ2v) is 6.16. The van der Waals surface area contributed by atoms with Crippen molar-refractivity contribution in [2.45, 2.75) is 5.16 Å². The van der Waals surface area contributed by atoms with Crippen molar-refractivity contribution >= 4 is 23.4 Å². The smallest absolute Gasteiger partial charge is 0.234 e. The van der Waals surface area contributed by atoms with Crippen LogP contribution in [-0.2, 0) is 4.79 Å². The first-order valence-corrected chi connectivity index (χ1v) is 8.66. The zero-order valence-corrected chi connectivity index (χ0v) is 14.7. The van der Waals surface area contributed by atoms with Crippen molar-refractivity contribution in [3.05, 3.63) is 54.1 Å². The molecule has 0 aliphatic carbocycles. The zero-order valence-electron chi connectivity index (χ0n) is 13.9. The SMILES string of the molecule is COc1ccc(-c2nc(SCC(=O)Nc3ccc(C#N)cc3)n[nH]2)cc1. The molecule has 1 amide bonds. The van der Waals surface area contributed by atoms with Gasteiger partial charge in [-0.3, -0.25) is 9.89 Å². The molecule has 1 aromatic heterocycles. The van der Waals surface area contributed by atoms with E-state index in [1.54, 1.807) is 31.4 Å². The van der Waals surface area contributed by atoms with Crippen LogP contribution in [0.25, 0.3) is 11.4 Å². The summed E-state index contributed by atoms with van der Waals surface area (Å²) in [6, 6.07) is 16.2. The van der Waals surface area contributed by atoms with E-state index in [0.29, 0.717) is 22.2 Å². The molecule has 0 saturated carbocycles. The number of carbonyl (C=O) groups is 1. The Bertz CT molecular complexity index is 929. The normalized spacial score (nSPS) is 10.2. The van der Waals surface area contributed by atoms with Crippen LogP contribution in [0.3, 0.4) is 0 Å². The van der Waals surface area contributed by atoms with Gasteiger partial charge in [0.05, 0.1) is 24.5 Å². The minimum atomic E-state index is -0.171. The molecule has 0 aliphatic heterocycles. The summed E-state index contributed by atoms with van der Waals surface area (Å²) >= 11 is 1.24. The lowest BCUT2D eigenvalue weighted by molar-refractivity contribution is -0.113. The van der Waals surface area contributed by atoms with Gasteiger partial charge in [-0.1, -0.05) is 11.8 Å². The molecule has 0 aliphatic rings. The van der Waals surface area contributed by atoms with Crippen LogP contribution in [0.2, 0.25) is 0 Å². The number of benzene rings is 2. The van der Waals surface area contributed by atoms with Crippen molar-refractivity contribution in [2.75, 3.05) is 18.2 Å². The van der Waals surface area contributed by atoms with Crippen molar-refractivity contribution < 1.29 is 9.53 Å². The highest BCUT2D eigenvalue weighted by Gasteiger charge is 2.09. The van der Waals surface area contributed by atoms with Gasteiger partial charge in [0.15, 0.2) is 5.82 Å². The number of anilines is 1. The van der Waals surface area contributed by atoms with E-state index >= 15 is 0 Å². The molecule has 0 radical (unpaired) electrons. The maximum Gasteiger partial charge on any atom is 0.234 e. The van der Waals surface area contributed by atoms with Crippen LogP contribution in [0.5, 0.6) is 5.75 Å². The van der Waals surface area contributed by atoms with Crippen molar-refractivity contribution in [2.24, 2.45) is 0 Å². The fourth-order valence-electron chi connectivity index (χ4n) is 2.14. The number of hydrogen-bond donors (Lipinski definition) is 2. The number of methoxy groups -OCH3 is 1. The predicted octanol–water partition coefficient (Wildman–Crippen LogP) is 3.08. The van der Waals surface area contributed by atoms with Gasteiger partial charge in [0.2, 0.25) is 11.1 Å². The molecule has 0 bridgehead atoms. The number of amides is 1. The van der Waals surface area contributed by atoms with E-state index < -0.39 is 0 Å². The van der Waals surface area contributed by atoms with E-state index in [9.17, 15) is 4.79 Å². The predicted molar refractivity (Wildman–Crippen MR) is 98.9 cm³/mol. The molecule has 0 atom stereocenters. The summed E-state index contributed by atoms with van der Waals surface area (Å²) in [4.78, 5) is 16.4. The van der Waals surface area contributed by atoms with Gasteiger partial charge in [0.1, 0.15) is 5.75 Å². The summed E-state index contributed by atoms with van der Waals surface area (Å²) in [5, 5.41) is 19.0. The molecule has 0 fully saturated rings. The number of aromatic nitrogens is 3. The molecule has 0 saturated heterocycles. The standard InChI is InChI=1S/C18H15N5O2S/c1-25-15-8-4-13(5-9-15)17-21-18(23-22-17)26-11-16(24)20-14-6-2-12(10-19)3-7-14/h2-9H,11H2,1H3,(H,20,24)(H,21,22,23). The Morgan fingerprint density at radius 1 is 1.23 bits per heavy atom. The highest BCUT2D eigenvalue weighted by atomic mass is 32.2. The number of carbonyl (C=O) groups excluding carboxylic acids is 1. The van der Waals surface area contributed by atoms with Crippen LogP contribution < -0.4 is 10.1 Å². The number of nitriles is 1. The van der Waals surface area contributed by atoms with Crippen LogP contribution in [0.15, 0.2) is 53.7 Å². The first-order chi connectivity index (χ1) is 12.7. The number of nitrogens with zero attached hydrogens (tertiary/aromatic N) is 3. The van der Waals surface area contributed by atoms with Crippen LogP contribution >= 0.6 is 11.8 Å². The monoisotopic (exact) mass is 365 g/mol. The molecule has 2 N–H and O–H groups in total. The third kappa shape index (κ3) is 4.40. The summed E-state index contributed by atoms with van der Waals surface area (Å²) < 4.78 is 5.13. The first kappa shape index (κ1) is 17.5. The van der Waals surface area contributed by atoms with E-state index in [0.717, 1.165) is 11.3 Å². The summed E-state index contributed by atoms with van der Waals surface area (Å²) in [5.74, 6) is 1.40. The Morgan fingerprint density at radius 3 is 2.62 bits per heavy atom. The Labute approximate surface area is 154 Å². The van der Waals surface area contributed by atoms with Gasteiger partial charge in [-0.2, -0.15) is 5.26 Å². The quantitative estimate of drug-likeness (QED) is 0.651. The number of aromatic amines is 1. The van der Waals surface area contributed by atoms with E-state index in [1.165, 1.54) is 11.8 Å². The van der Waals surface area contributed by atoms with Gasteiger partial charge >= 0.3 is 0 Å². The van der Waals surface area contributed by atoms with Gasteiger partial charge in [-0.25, -0.2) is 4.98 Å². The van der Waals surface area contributed by atoms with Crippen LogP contribution in [-0.4, -0.2) is 34.0 Å². The van der Waals surface area contributed by atoms with Gasteiger partial charge in [-0.05, 0) is 48.5 Å². The number of thioether (sulfide) groups is 1. The summed E-state index contributed by atoms with van der Waals surface area (Å²) in [6.45, 7) is 0. The van der Waals surface area contributed by atoms with Crippen LogP contribution in [0.4, 0.5) is 5.69 Å². The van der Waals surface area contributed by atoms with Crippen LogP contribution in [0.1, 0.15) is 5.56 Å². The average molecular weight is 365 g/mol. The van der Waals surface area contributed by atoms with Crippen molar-refractivity contribution in [1.29, 1.82) is 5.26 Å². The number of nitrogens with one attached hydrogen (secondary N) is 2. The molecule has 0 spiro atoms. The zero-order chi connectivity index (χ0) is 18.4. The van der Waals surface area contributed by atoms with Gasteiger partial charge in [0, 0.05) is 11.3 Å². The Morgan fingerprint density at radius 2 is 1.96 bits per heavy atom. The molecule has 3 rings (SSSR count). The molecule has 7 nitrogen and oxygen atoms in total. The van der Waals surface area contributed by atoms with Gasteiger partial charge < -0.3 is 10.1 Å².